The summed E-state index contributed by atoms with van der Waals surface area (Å²) < 4.78 is 5.54. The van der Waals surface area contributed by atoms with Crippen LogP contribution < -0.4 is 10.6 Å². The quantitative estimate of drug-likeness (QED) is 0.797. The molecular formula is C15H21N5O2. The Labute approximate surface area is 129 Å². The molecule has 0 bridgehead atoms. The van der Waals surface area contributed by atoms with E-state index in [1.54, 1.807) is 6.20 Å². The van der Waals surface area contributed by atoms with Gasteiger partial charge in [0.15, 0.2) is 0 Å². The number of amides is 2. The Hall–Kier alpha value is -2.12. The third-order valence-electron chi connectivity index (χ3n) is 3.79. The number of benzene rings is 1. The van der Waals surface area contributed by atoms with E-state index in [1.807, 2.05) is 18.2 Å². The third kappa shape index (κ3) is 3.75. The van der Waals surface area contributed by atoms with E-state index in [1.165, 1.54) is 0 Å². The Morgan fingerprint density at radius 2 is 2.45 bits per heavy atom. The number of nitrogens with one attached hydrogen (secondary N) is 3. The molecule has 0 aliphatic carbocycles. The summed E-state index contributed by atoms with van der Waals surface area (Å²) in [4.78, 5) is 14.2. The lowest BCUT2D eigenvalue weighted by molar-refractivity contribution is 0.122. The molecule has 118 valence electrons. The standard InChI is InChI=1S/C15H21N5O2/c1-20-4-5-22-10-11(9-20)7-16-15(21)18-13-2-3-14-12(6-13)8-17-19-14/h2-3,6,8,11H,4-5,7,9-10H2,1H3,(H,17,19)(H2,16,18,21)/t11-/m1/s1. The van der Waals surface area contributed by atoms with Crippen LogP contribution in [-0.4, -0.2) is 61.0 Å². The van der Waals surface area contributed by atoms with Crippen LogP contribution in [0.2, 0.25) is 0 Å². The second kappa shape index (κ2) is 6.76. The Kier molecular flexibility index (Phi) is 4.55. The number of urea groups is 1. The fraction of sp³-hybridized carbons (Fsp3) is 0.467. The van der Waals surface area contributed by atoms with E-state index >= 15 is 0 Å². The number of ether oxygens (including phenoxy) is 1. The van der Waals surface area contributed by atoms with Crippen molar-refractivity contribution < 1.29 is 9.53 Å². The first-order chi connectivity index (χ1) is 10.7. The van der Waals surface area contributed by atoms with Gasteiger partial charge < -0.3 is 20.3 Å². The summed E-state index contributed by atoms with van der Waals surface area (Å²) in [6.45, 7) is 3.91. The number of hydrogen-bond acceptors (Lipinski definition) is 4. The zero-order valence-electron chi connectivity index (χ0n) is 12.6. The van der Waals surface area contributed by atoms with Crippen molar-refractivity contribution in [2.24, 2.45) is 5.92 Å². The second-order valence-electron chi connectivity index (χ2n) is 5.71. The molecule has 1 saturated heterocycles. The zero-order valence-corrected chi connectivity index (χ0v) is 12.6. The van der Waals surface area contributed by atoms with Crippen LogP contribution in [0.15, 0.2) is 24.4 Å². The molecule has 0 radical (unpaired) electrons. The lowest BCUT2D eigenvalue weighted by Gasteiger charge is -2.19. The molecule has 0 unspecified atom stereocenters. The molecule has 1 fully saturated rings. The highest BCUT2D eigenvalue weighted by atomic mass is 16.5. The fourth-order valence-electron chi connectivity index (χ4n) is 2.61. The van der Waals surface area contributed by atoms with Gasteiger partial charge in [0.05, 0.1) is 24.9 Å². The number of nitrogens with zero attached hydrogens (tertiary/aromatic N) is 2. The topological polar surface area (TPSA) is 82.3 Å². The number of likely N-dealkylation sites (N-methyl/N-ethyl adjacent to an activating group) is 1. The minimum Gasteiger partial charge on any atom is -0.380 e. The number of aromatic nitrogens is 2. The number of aromatic amines is 1. The first-order valence-electron chi connectivity index (χ1n) is 7.45. The monoisotopic (exact) mass is 303 g/mol. The van der Waals surface area contributed by atoms with Gasteiger partial charge in [-0.25, -0.2) is 4.79 Å². The number of carbonyl (C=O) groups excluding carboxylic acids is 1. The minimum absolute atomic E-state index is 0.199. The molecule has 7 nitrogen and oxygen atoms in total. The maximum atomic E-state index is 12.0. The number of H-pyrrole nitrogens is 1. The maximum Gasteiger partial charge on any atom is 0.319 e. The Morgan fingerprint density at radius 1 is 1.55 bits per heavy atom. The molecule has 2 heterocycles. The summed E-state index contributed by atoms with van der Waals surface area (Å²) in [5, 5.41) is 13.6. The Balaban J connectivity index is 1.51. The second-order valence-corrected chi connectivity index (χ2v) is 5.71. The van der Waals surface area contributed by atoms with Gasteiger partial charge in [-0.15, -0.1) is 0 Å². The van der Waals surface area contributed by atoms with Crippen LogP contribution in [0, 0.1) is 5.92 Å². The van der Waals surface area contributed by atoms with Crippen molar-refractivity contribution in [1.29, 1.82) is 0 Å². The SMILES string of the molecule is CN1CCOC[C@H](CNC(=O)Nc2ccc3[nH]ncc3c2)C1. The van der Waals surface area contributed by atoms with Gasteiger partial charge in [0, 0.05) is 36.6 Å². The van der Waals surface area contributed by atoms with Crippen molar-refractivity contribution in [2.75, 3.05) is 45.2 Å². The van der Waals surface area contributed by atoms with E-state index < -0.39 is 0 Å². The molecule has 0 spiro atoms. The van der Waals surface area contributed by atoms with Gasteiger partial charge >= 0.3 is 6.03 Å². The van der Waals surface area contributed by atoms with E-state index in [0.29, 0.717) is 19.1 Å². The van der Waals surface area contributed by atoms with Crippen molar-refractivity contribution in [3.8, 4) is 0 Å². The van der Waals surface area contributed by atoms with Crippen LogP contribution in [0.1, 0.15) is 0 Å². The molecule has 3 N–H and O–H groups in total. The summed E-state index contributed by atoms with van der Waals surface area (Å²) in [6.07, 6.45) is 1.73. The van der Waals surface area contributed by atoms with Gasteiger partial charge in [0.1, 0.15) is 0 Å². The van der Waals surface area contributed by atoms with Crippen LogP contribution >= 0.6 is 0 Å². The molecule has 1 aromatic carbocycles. The zero-order chi connectivity index (χ0) is 15.4. The number of rotatable bonds is 3. The van der Waals surface area contributed by atoms with E-state index in [9.17, 15) is 4.79 Å². The Bertz CT molecular complexity index is 642. The van der Waals surface area contributed by atoms with Gasteiger partial charge in [0.25, 0.3) is 0 Å². The van der Waals surface area contributed by atoms with Gasteiger partial charge in [-0.05, 0) is 25.2 Å². The number of fused-ring (bicyclic) bond motifs is 1. The first kappa shape index (κ1) is 14.8. The van der Waals surface area contributed by atoms with Crippen LogP contribution in [0.5, 0.6) is 0 Å². The van der Waals surface area contributed by atoms with Crippen LogP contribution in [0.4, 0.5) is 10.5 Å². The van der Waals surface area contributed by atoms with Crippen molar-refractivity contribution in [1.82, 2.24) is 20.4 Å². The van der Waals surface area contributed by atoms with Gasteiger partial charge in [-0.3, -0.25) is 5.10 Å². The van der Waals surface area contributed by atoms with Crippen molar-refractivity contribution in [3.63, 3.8) is 0 Å². The lowest BCUT2D eigenvalue weighted by atomic mass is 10.1. The lowest BCUT2D eigenvalue weighted by Crippen LogP contribution is -2.37. The average Bonchev–Trinajstić information content (AvgIpc) is 2.86. The summed E-state index contributed by atoms with van der Waals surface area (Å²) in [7, 11) is 2.07. The smallest absolute Gasteiger partial charge is 0.319 e. The normalized spacial score (nSPS) is 19.8. The third-order valence-corrected chi connectivity index (χ3v) is 3.79. The molecule has 1 aliphatic heterocycles. The maximum absolute atomic E-state index is 12.0. The van der Waals surface area contributed by atoms with E-state index in [0.717, 1.165) is 36.3 Å². The molecule has 0 saturated carbocycles. The van der Waals surface area contributed by atoms with Gasteiger partial charge in [-0.1, -0.05) is 0 Å². The highest BCUT2D eigenvalue weighted by Crippen LogP contribution is 2.16. The van der Waals surface area contributed by atoms with Crippen LogP contribution in [-0.2, 0) is 4.74 Å². The van der Waals surface area contributed by atoms with Crippen molar-refractivity contribution in [3.05, 3.63) is 24.4 Å². The van der Waals surface area contributed by atoms with Crippen LogP contribution in [0.25, 0.3) is 10.9 Å². The molecule has 7 heteroatoms. The number of anilines is 1. The summed E-state index contributed by atoms with van der Waals surface area (Å²) in [6, 6.07) is 5.44. The molecule has 1 atom stereocenters. The molecule has 1 aromatic heterocycles. The Morgan fingerprint density at radius 3 is 3.36 bits per heavy atom. The average molecular weight is 303 g/mol. The summed E-state index contributed by atoms with van der Waals surface area (Å²) >= 11 is 0. The predicted molar refractivity (Wildman–Crippen MR) is 84.9 cm³/mol. The molecule has 2 amide bonds. The molecule has 22 heavy (non-hydrogen) atoms. The minimum atomic E-state index is -0.199. The summed E-state index contributed by atoms with van der Waals surface area (Å²) in [5.74, 6) is 0.314. The highest BCUT2D eigenvalue weighted by molar-refractivity contribution is 5.92. The number of carbonyl (C=O) groups is 1. The molecular weight excluding hydrogens is 282 g/mol. The first-order valence-corrected chi connectivity index (χ1v) is 7.45. The van der Waals surface area contributed by atoms with Gasteiger partial charge in [0.2, 0.25) is 0 Å². The largest absolute Gasteiger partial charge is 0.380 e. The molecule has 3 rings (SSSR count). The van der Waals surface area contributed by atoms with Crippen LogP contribution in [0.3, 0.4) is 0 Å². The van der Waals surface area contributed by atoms with Crippen molar-refractivity contribution >= 4 is 22.6 Å². The molecule has 1 aliphatic rings. The highest BCUT2D eigenvalue weighted by Gasteiger charge is 2.16. The summed E-state index contributed by atoms with van der Waals surface area (Å²) in [5.41, 5.74) is 1.70. The van der Waals surface area contributed by atoms with E-state index in [4.69, 9.17) is 4.74 Å². The predicted octanol–water partition coefficient (Wildman–Crippen LogP) is 1.26. The number of hydrogen-bond donors (Lipinski definition) is 3. The fourth-order valence-corrected chi connectivity index (χ4v) is 2.61. The van der Waals surface area contributed by atoms with Gasteiger partial charge in [-0.2, -0.15) is 5.10 Å². The van der Waals surface area contributed by atoms with Crippen molar-refractivity contribution in [2.45, 2.75) is 0 Å². The molecule has 2 aromatic rings. The van der Waals surface area contributed by atoms with E-state index in [2.05, 4.69) is 32.8 Å². The van der Waals surface area contributed by atoms with E-state index in [-0.39, 0.29) is 6.03 Å².